The van der Waals surface area contributed by atoms with Crippen LogP contribution in [-0.2, 0) is 4.74 Å². The molecule has 2 atom stereocenters. The average molecular weight is 339 g/mol. The Morgan fingerprint density at radius 2 is 2.20 bits per heavy atom. The molecule has 1 aromatic carbocycles. The molecule has 2 aliphatic heterocycles. The summed E-state index contributed by atoms with van der Waals surface area (Å²) >= 11 is 3.36. The van der Waals surface area contributed by atoms with Crippen molar-refractivity contribution in [3.05, 3.63) is 34.3 Å². The number of benzene rings is 1. The Hall–Kier alpha value is -0.910. The SMILES string of the molecule is O=C(NCC1CN2CCCC2CO1)c1ccc(Br)cc1. The number of nitrogens with one attached hydrogen (secondary N) is 1. The van der Waals surface area contributed by atoms with E-state index < -0.39 is 0 Å². The van der Waals surface area contributed by atoms with Gasteiger partial charge in [0.2, 0.25) is 0 Å². The number of hydrogen-bond acceptors (Lipinski definition) is 3. The molecule has 2 heterocycles. The third-order valence-corrected chi connectivity index (χ3v) is 4.59. The minimum Gasteiger partial charge on any atom is -0.373 e. The standard InChI is InChI=1S/C15H19BrN2O2/c16-12-5-3-11(4-6-12)15(19)17-8-14-9-18-7-1-2-13(18)10-20-14/h3-6,13-14H,1-2,7-10H2,(H,17,19). The maximum absolute atomic E-state index is 12.0. The quantitative estimate of drug-likeness (QED) is 0.916. The third kappa shape index (κ3) is 3.22. The van der Waals surface area contributed by atoms with Gasteiger partial charge in [0, 0.05) is 29.2 Å². The summed E-state index contributed by atoms with van der Waals surface area (Å²) in [5.41, 5.74) is 0.683. The van der Waals surface area contributed by atoms with Crippen molar-refractivity contribution in [3.8, 4) is 0 Å². The molecule has 1 N–H and O–H groups in total. The van der Waals surface area contributed by atoms with Crippen LogP contribution in [0, 0.1) is 0 Å². The summed E-state index contributed by atoms with van der Waals surface area (Å²) in [6.45, 7) is 3.49. The second-order valence-corrected chi connectivity index (χ2v) is 6.38. The maximum Gasteiger partial charge on any atom is 0.251 e. The lowest BCUT2D eigenvalue weighted by molar-refractivity contribution is -0.0461. The Labute approximate surface area is 127 Å². The van der Waals surface area contributed by atoms with Crippen molar-refractivity contribution in [2.45, 2.75) is 25.0 Å². The van der Waals surface area contributed by atoms with Crippen molar-refractivity contribution in [2.24, 2.45) is 0 Å². The zero-order valence-corrected chi connectivity index (χ0v) is 12.9. The fourth-order valence-corrected chi connectivity index (χ4v) is 3.18. The van der Waals surface area contributed by atoms with Gasteiger partial charge in [0.1, 0.15) is 0 Å². The number of fused-ring (bicyclic) bond motifs is 1. The van der Waals surface area contributed by atoms with E-state index in [9.17, 15) is 4.79 Å². The Morgan fingerprint density at radius 1 is 1.40 bits per heavy atom. The van der Waals surface area contributed by atoms with Crippen LogP contribution in [-0.4, -0.2) is 49.2 Å². The third-order valence-electron chi connectivity index (χ3n) is 4.06. The Balaban J connectivity index is 1.49. The van der Waals surface area contributed by atoms with Gasteiger partial charge in [-0.2, -0.15) is 0 Å². The summed E-state index contributed by atoms with van der Waals surface area (Å²) in [7, 11) is 0. The Bertz CT molecular complexity index is 477. The molecule has 2 aliphatic rings. The molecule has 0 saturated carbocycles. The molecule has 5 heteroatoms. The summed E-state index contributed by atoms with van der Waals surface area (Å²) in [6, 6.07) is 7.99. The molecule has 1 amide bonds. The predicted molar refractivity (Wildman–Crippen MR) is 80.8 cm³/mol. The summed E-state index contributed by atoms with van der Waals surface area (Å²) < 4.78 is 6.81. The fourth-order valence-electron chi connectivity index (χ4n) is 2.92. The van der Waals surface area contributed by atoms with Crippen LogP contribution in [0.4, 0.5) is 0 Å². The normalized spacial score (nSPS) is 26.2. The van der Waals surface area contributed by atoms with Gasteiger partial charge in [0.25, 0.3) is 5.91 Å². The van der Waals surface area contributed by atoms with Crippen LogP contribution in [0.15, 0.2) is 28.7 Å². The van der Waals surface area contributed by atoms with Crippen LogP contribution >= 0.6 is 15.9 Å². The molecule has 2 fully saturated rings. The van der Waals surface area contributed by atoms with Crippen molar-refractivity contribution in [1.29, 1.82) is 0 Å². The Morgan fingerprint density at radius 3 is 3.00 bits per heavy atom. The van der Waals surface area contributed by atoms with Gasteiger partial charge in [-0.15, -0.1) is 0 Å². The topological polar surface area (TPSA) is 41.6 Å². The molecule has 0 radical (unpaired) electrons. The minimum absolute atomic E-state index is 0.0374. The van der Waals surface area contributed by atoms with Crippen molar-refractivity contribution in [3.63, 3.8) is 0 Å². The lowest BCUT2D eigenvalue weighted by atomic mass is 10.2. The van der Waals surface area contributed by atoms with E-state index in [1.807, 2.05) is 24.3 Å². The molecule has 0 bridgehead atoms. The van der Waals surface area contributed by atoms with E-state index in [0.29, 0.717) is 18.2 Å². The first kappa shape index (κ1) is 14.0. The molecular weight excluding hydrogens is 320 g/mol. The van der Waals surface area contributed by atoms with Crippen molar-refractivity contribution >= 4 is 21.8 Å². The van der Waals surface area contributed by atoms with Gasteiger partial charge in [-0.1, -0.05) is 15.9 Å². The molecule has 20 heavy (non-hydrogen) atoms. The van der Waals surface area contributed by atoms with E-state index in [1.54, 1.807) is 0 Å². The second-order valence-electron chi connectivity index (χ2n) is 5.46. The average Bonchev–Trinajstić information content (AvgIpc) is 2.93. The van der Waals surface area contributed by atoms with Crippen LogP contribution in [0.1, 0.15) is 23.2 Å². The van der Waals surface area contributed by atoms with E-state index >= 15 is 0 Å². The Kier molecular flexibility index (Phi) is 4.38. The van der Waals surface area contributed by atoms with Crippen LogP contribution in [0.2, 0.25) is 0 Å². The summed E-state index contributed by atoms with van der Waals surface area (Å²) in [6.07, 6.45) is 2.63. The molecule has 0 spiro atoms. The first-order valence-electron chi connectivity index (χ1n) is 7.12. The molecule has 2 unspecified atom stereocenters. The lowest BCUT2D eigenvalue weighted by Gasteiger charge is -2.35. The van der Waals surface area contributed by atoms with E-state index in [0.717, 1.165) is 17.6 Å². The van der Waals surface area contributed by atoms with Gasteiger partial charge >= 0.3 is 0 Å². The highest BCUT2D eigenvalue weighted by atomic mass is 79.9. The molecule has 3 rings (SSSR count). The van der Waals surface area contributed by atoms with Crippen molar-refractivity contribution in [1.82, 2.24) is 10.2 Å². The molecule has 108 valence electrons. The molecule has 0 aromatic heterocycles. The number of carbonyl (C=O) groups is 1. The molecule has 4 nitrogen and oxygen atoms in total. The van der Waals surface area contributed by atoms with Gasteiger partial charge < -0.3 is 10.1 Å². The van der Waals surface area contributed by atoms with E-state index in [2.05, 4.69) is 26.1 Å². The monoisotopic (exact) mass is 338 g/mol. The second kappa shape index (κ2) is 6.24. The number of halogens is 1. The zero-order chi connectivity index (χ0) is 13.9. The van der Waals surface area contributed by atoms with Gasteiger partial charge in [0.15, 0.2) is 0 Å². The summed E-state index contributed by atoms with van der Waals surface area (Å²) in [4.78, 5) is 14.5. The van der Waals surface area contributed by atoms with Crippen LogP contribution in [0.3, 0.4) is 0 Å². The highest BCUT2D eigenvalue weighted by Crippen LogP contribution is 2.22. The number of rotatable bonds is 3. The lowest BCUT2D eigenvalue weighted by Crippen LogP contribution is -2.50. The van der Waals surface area contributed by atoms with E-state index in [-0.39, 0.29) is 12.0 Å². The number of morpholine rings is 1. The first-order chi connectivity index (χ1) is 9.72. The van der Waals surface area contributed by atoms with Crippen molar-refractivity contribution < 1.29 is 9.53 Å². The largest absolute Gasteiger partial charge is 0.373 e. The van der Waals surface area contributed by atoms with Crippen LogP contribution in [0.25, 0.3) is 0 Å². The van der Waals surface area contributed by atoms with Gasteiger partial charge in [-0.05, 0) is 43.7 Å². The summed E-state index contributed by atoms with van der Waals surface area (Å²) in [5, 5.41) is 2.96. The van der Waals surface area contributed by atoms with Gasteiger partial charge in [-0.3, -0.25) is 9.69 Å². The smallest absolute Gasteiger partial charge is 0.251 e. The van der Waals surface area contributed by atoms with Crippen molar-refractivity contribution in [2.75, 3.05) is 26.2 Å². The molecule has 1 aromatic rings. The number of ether oxygens (including phenoxy) is 1. The fraction of sp³-hybridized carbons (Fsp3) is 0.533. The minimum atomic E-state index is -0.0374. The first-order valence-corrected chi connectivity index (χ1v) is 7.91. The summed E-state index contributed by atoms with van der Waals surface area (Å²) in [5.74, 6) is -0.0374. The van der Waals surface area contributed by atoms with Gasteiger partial charge in [-0.25, -0.2) is 0 Å². The van der Waals surface area contributed by atoms with E-state index in [4.69, 9.17) is 4.74 Å². The number of hydrogen-bond donors (Lipinski definition) is 1. The molecular formula is C15H19BrN2O2. The van der Waals surface area contributed by atoms with Gasteiger partial charge in [0.05, 0.1) is 12.7 Å². The number of amides is 1. The maximum atomic E-state index is 12.0. The number of nitrogens with zero attached hydrogens (tertiary/aromatic N) is 1. The number of carbonyl (C=O) groups excluding carboxylic acids is 1. The highest BCUT2D eigenvalue weighted by molar-refractivity contribution is 9.10. The predicted octanol–water partition coefficient (Wildman–Crippen LogP) is 2.04. The molecule has 2 saturated heterocycles. The zero-order valence-electron chi connectivity index (χ0n) is 11.3. The highest BCUT2D eigenvalue weighted by Gasteiger charge is 2.32. The van der Waals surface area contributed by atoms with Crippen LogP contribution in [0.5, 0.6) is 0 Å². The van der Waals surface area contributed by atoms with Crippen LogP contribution < -0.4 is 5.32 Å². The molecule has 0 aliphatic carbocycles. The van der Waals surface area contributed by atoms with E-state index in [1.165, 1.54) is 19.4 Å².